The molecule has 1 heterocycles. The summed E-state index contributed by atoms with van der Waals surface area (Å²) in [5.41, 5.74) is 3.69. The van der Waals surface area contributed by atoms with E-state index in [9.17, 15) is 14.4 Å². The van der Waals surface area contributed by atoms with Gasteiger partial charge >= 0.3 is 0 Å². The monoisotopic (exact) mass is 551 g/mol. The average molecular weight is 552 g/mol. The van der Waals surface area contributed by atoms with Gasteiger partial charge in [-0.1, -0.05) is 12.5 Å². The lowest BCUT2D eigenvalue weighted by molar-refractivity contribution is -0.130. The maximum absolute atomic E-state index is 13.4. The van der Waals surface area contributed by atoms with Gasteiger partial charge in [-0.3, -0.25) is 14.4 Å². The van der Waals surface area contributed by atoms with Crippen molar-refractivity contribution in [2.75, 3.05) is 46.3 Å². The molecule has 40 heavy (non-hydrogen) atoms. The van der Waals surface area contributed by atoms with Gasteiger partial charge < -0.3 is 29.7 Å². The highest BCUT2D eigenvalue weighted by Crippen LogP contribution is 2.50. The van der Waals surface area contributed by atoms with Gasteiger partial charge in [0.05, 0.1) is 33.1 Å². The molecule has 2 aromatic rings. The zero-order chi connectivity index (χ0) is 28.6. The minimum absolute atomic E-state index is 0.149. The van der Waals surface area contributed by atoms with Gasteiger partial charge in [0.15, 0.2) is 11.5 Å². The summed E-state index contributed by atoms with van der Waals surface area (Å²) < 4.78 is 17.1. The van der Waals surface area contributed by atoms with Gasteiger partial charge in [0.2, 0.25) is 23.0 Å². The molecule has 0 saturated carbocycles. The largest absolute Gasteiger partial charge is 0.493 e. The Kier molecular flexibility index (Phi) is 9.90. The number of amides is 2. The average Bonchev–Trinajstić information content (AvgIpc) is 3.39. The van der Waals surface area contributed by atoms with Crippen LogP contribution in [0.25, 0.3) is 11.1 Å². The van der Waals surface area contributed by atoms with E-state index in [1.807, 2.05) is 17.0 Å². The summed E-state index contributed by atoms with van der Waals surface area (Å²) in [5.74, 6) is 1.65. The lowest BCUT2D eigenvalue weighted by Crippen LogP contribution is -2.27. The van der Waals surface area contributed by atoms with Gasteiger partial charge in [0.25, 0.3) is 0 Å². The predicted octanol–water partition coefficient (Wildman–Crippen LogP) is 4.46. The van der Waals surface area contributed by atoms with Crippen LogP contribution in [0, 0.1) is 0 Å². The first-order valence-corrected chi connectivity index (χ1v) is 14.2. The van der Waals surface area contributed by atoms with Crippen LogP contribution in [0.15, 0.2) is 29.1 Å². The molecule has 0 bridgehead atoms. The molecule has 216 valence electrons. The van der Waals surface area contributed by atoms with E-state index in [0.29, 0.717) is 48.7 Å². The second-order valence-electron chi connectivity index (χ2n) is 10.4. The third-order valence-corrected chi connectivity index (χ3v) is 7.76. The fourth-order valence-corrected chi connectivity index (χ4v) is 5.78. The van der Waals surface area contributed by atoms with E-state index in [1.165, 1.54) is 6.92 Å². The first-order valence-electron chi connectivity index (χ1n) is 14.2. The van der Waals surface area contributed by atoms with Crippen LogP contribution >= 0.6 is 0 Å². The number of fused-ring (bicyclic) bond motifs is 3. The van der Waals surface area contributed by atoms with E-state index < -0.39 is 0 Å². The maximum atomic E-state index is 13.4. The number of methoxy groups -OCH3 is 3. The van der Waals surface area contributed by atoms with Crippen molar-refractivity contribution in [3.05, 3.63) is 45.6 Å². The Balaban J connectivity index is 1.59. The second kappa shape index (κ2) is 13.5. The number of aryl methyl sites for hydroxylation is 1. The molecule has 2 amide bonds. The molecule has 1 fully saturated rings. The molecule has 4 rings (SSSR count). The number of benzene rings is 1. The predicted molar refractivity (Wildman–Crippen MR) is 155 cm³/mol. The lowest BCUT2D eigenvalue weighted by Gasteiger charge is -2.19. The zero-order valence-electron chi connectivity index (χ0n) is 24.1. The van der Waals surface area contributed by atoms with Crippen molar-refractivity contribution in [2.45, 2.75) is 64.3 Å². The van der Waals surface area contributed by atoms with E-state index in [4.69, 9.17) is 14.2 Å². The van der Waals surface area contributed by atoms with Crippen LogP contribution in [0.5, 0.6) is 17.2 Å². The molecule has 9 nitrogen and oxygen atoms in total. The smallest absolute Gasteiger partial charge is 0.222 e. The third-order valence-electron chi connectivity index (χ3n) is 7.76. The zero-order valence-corrected chi connectivity index (χ0v) is 24.1. The van der Waals surface area contributed by atoms with Crippen molar-refractivity contribution in [3.8, 4) is 28.4 Å². The first kappa shape index (κ1) is 29.2. The van der Waals surface area contributed by atoms with Crippen molar-refractivity contribution >= 4 is 17.5 Å². The number of carbonyl (C=O) groups is 2. The summed E-state index contributed by atoms with van der Waals surface area (Å²) >= 11 is 0. The standard InChI is InChI=1S/C31H41N3O6/c1-20(35)33-24-13-11-21-18-27(38-2)30(39-3)31(40-4)29(21)22-12-14-25(26(36)19-23(22)24)32-15-7-5-6-10-28(37)34-16-8-9-17-34/h12,14,18-19,24H,5-11,13,15-17H2,1-4H3,(H,32,36)(H,33,35)/t24-/m1/s1. The van der Waals surface area contributed by atoms with Gasteiger partial charge in [0, 0.05) is 38.5 Å². The molecule has 0 spiro atoms. The molecule has 9 heteroatoms. The first-order chi connectivity index (χ1) is 19.4. The Bertz CT molecular complexity index is 1290. The van der Waals surface area contributed by atoms with E-state index in [1.54, 1.807) is 33.5 Å². The molecule has 2 N–H and O–H groups in total. The highest BCUT2D eigenvalue weighted by atomic mass is 16.5. The van der Waals surface area contributed by atoms with Gasteiger partial charge in [-0.15, -0.1) is 0 Å². The normalized spacial score (nSPS) is 15.9. The SMILES string of the molecule is COc1cc2c(c(OC)c1OC)-c1ccc(NCCCCCC(=O)N3CCCC3)c(=O)cc1[C@H](NC(C)=O)CC2. The number of anilines is 1. The molecular formula is C31H41N3O6. The lowest BCUT2D eigenvalue weighted by atomic mass is 9.95. The summed E-state index contributed by atoms with van der Waals surface area (Å²) in [6.45, 7) is 3.89. The third kappa shape index (κ3) is 6.51. The van der Waals surface area contributed by atoms with Gasteiger partial charge in [0.1, 0.15) is 0 Å². The van der Waals surface area contributed by atoms with Crippen LogP contribution in [0.3, 0.4) is 0 Å². The quantitative estimate of drug-likeness (QED) is 0.397. The van der Waals surface area contributed by atoms with Crippen LogP contribution in [-0.4, -0.2) is 57.7 Å². The Morgan fingerprint density at radius 2 is 1.73 bits per heavy atom. The van der Waals surface area contributed by atoms with E-state index in [-0.39, 0.29) is 23.3 Å². The fourth-order valence-electron chi connectivity index (χ4n) is 5.78. The van der Waals surface area contributed by atoms with Crippen LogP contribution < -0.4 is 30.3 Å². The summed E-state index contributed by atoms with van der Waals surface area (Å²) in [7, 11) is 4.73. The number of nitrogens with one attached hydrogen (secondary N) is 2. The fraction of sp³-hybridized carbons (Fsp3) is 0.516. The Morgan fingerprint density at radius 1 is 0.975 bits per heavy atom. The molecule has 0 unspecified atom stereocenters. The van der Waals surface area contributed by atoms with Crippen LogP contribution in [0.4, 0.5) is 5.69 Å². The van der Waals surface area contributed by atoms with Crippen molar-refractivity contribution in [2.24, 2.45) is 0 Å². The van der Waals surface area contributed by atoms with E-state index in [0.717, 1.165) is 67.4 Å². The Labute approximate surface area is 236 Å². The maximum Gasteiger partial charge on any atom is 0.222 e. The van der Waals surface area contributed by atoms with Crippen molar-refractivity contribution in [1.29, 1.82) is 0 Å². The van der Waals surface area contributed by atoms with Gasteiger partial charge in [-0.2, -0.15) is 0 Å². The molecule has 1 atom stereocenters. The number of nitrogens with zero attached hydrogens (tertiary/aromatic N) is 1. The van der Waals surface area contributed by atoms with Crippen molar-refractivity contribution in [3.63, 3.8) is 0 Å². The molecule has 1 aliphatic heterocycles. The van der Waals surface area contributed by atoms with E-state index >= 15 is 0 Å². The van der Waals surface area contributed by atoms with E-state index in [2.05, 4.69) is 10.6 Å². The highest BCUT2D eigenvalue weighted by molar-refractivity contribution is 5.83. The summed E-state index contributed by atoms with van der Waals surface area (Å²) in [6.07, 6.45) is 6.67. The Hall–Kier alpha value is -3.75. The number of carbonyl (C=O) groups excluding carboxylic acids is 2. The second-order valence-corrected chi connectivity index (χ2v) is 10.4. The minimum Gasteiger partial charge on any atom is -0.493 e. The number of rotatable bonds is 11. The number of hydrogen-bond donors (Lipinski definition) is 2. The highest BCUT2D eigenvalue weighted by Gasteiger charge is 2.29. The molecule has 1 saturated heterocycles. The molecule has 0 aromatic heterocycles. The summed E-state index contributed by atoms with van der Waals surface area (Å²) in [6, 6.07) is 6.94. The topological polar surface area (TPSA) is 106 Å². The molecular weight excluding hydrogens is 510 g/mol. The number of ether oxygens (including phenoxy) is 3. The van der Waals surface area contributed by atoms with Crippen LogP contribution in [0.1, 0.15) is 69.0 Å². The molecule has 0 radical (unpaired) electrons. The van der Waals surface area contributed by atoms with Crippen molar-refractivity contribution in [1.82, 2.24) is 10.2 Å². The molecule has 2 aromatic carbocycles. The Morgan fingerprint density at radius 3 is 2.40 bits per heavy atom. The van der Waals surface area contributed by atoms with Crippen molar-refractivity contribution < 1.29 is 23.8 Å². The number of likely N-dealkylation sites (tertiary alicyclic amines) is 1. The number of hydrogen-bond acceptors (Lipinski definition) is 7. The number of unbranched alkanes of at least 4 members (excludes halogenated alkanes) is 2. The van der Waals surface area contributed by atoms with Gasteiger partial charge in [-0.05, 0) is 73.4 Å². The molecule has 1 aliphatic carbocycles. The summed E-state index contributed by atoms with van der Waals surface area (Å²) in [5, 5.41) is 6.32. The minimum atomic E-state index is -0.345. The molecule has 2 aliphatic rings. The van der Waals surface area contributed by atoms with Crippen LogP contribution in [0.2, 0.25) is 0 Å². The van der Waals surface area contributed by atoms with Gasteiger partial charge in [-0.25, -0.2) is 0 Å². The summed E-state index contributed by atoms with van der Waals surface area (Å²) in [4.78, 5) is 39.7. The van der Waals surface area contributed by atoms with Crippen LogP contribution in [-0.2, 0) is 16.0 Å².